The maximum atomic E-state index is 2.31. The van der Waals surface area contributed by atoms with Crippen molar-refractivity contribution in [2.75, 3.05) is 0 Å². The van der Waals surface area contributed by atoms with E-state index < -0.39 is 0 Å². The van der Waals surface area contributed by atoms with Crippen molar-refractivity contribution in [2.45, 2.75) is 52.4 Å². The molecule has 0 aliphatic rings. The van der Waals surface area contributed by atoms with Crippen molar-refractivity contribution in [2.24, 2.45) is 0 Å². The van der Waals surface area contributed by atoms with Crippen LogP contribution in [-0.4, -0.2) is 0 Å². The highest BCUT2D eigenvalue weighted by atomic mass is 14.0. The maximum absolute atomic E-state index is 2.31. The van der Waals surface area contributed by atoms with Crippen LogP contribution in [0.4, 0.5) is 0 Å². The Kier molecular flexibility index (Phi) is 6.96. The fraction of sp³-hybridized carbons (Fsp3) is 0.364. The second-order valence-corrected chi connectivity index (χ2v) is 5.91. The molecule has 22 heavy (non-hydrogen) atoms. The standard InChI is InChI=1S/C22H28/c1-3-10-21-13-8-9-14-22(21)12-7-5-6-11-20-17-15-19(4-2)16-18-20/h6,8-9,11,13-18H,3-5,7,10,12H2,1-2H3/b11-6+. The van der Waals surface area contributed by atoms with Gasteiger partial charge in [-0.1, -0.05) is 81.0 Å². The quantitative estimate of drug-likeness (QED) is 0.505. The van der Waals surface area contributed by atoms with Crippen molar-refractivity contribution in [1.29, 1.82) is 0 Å². The maximum Gasteiger partial charge on any atom is -0.0260 e. The molecule has 0 unspecified atom stereocenters. The number of hydrogen-bond donors (Lipinski definition) is 0. The Morgan fingerprint density at radius 3 is 2.14 bits per heavy atom. The first-order valence-corrected chi connectivity index (χ1v) is 8.65. The van der Waals surface area contributed by atoms with E-state index in [1.807, 2.05) is 0 Å². The molecule has 0 aliphatic heterocycles. The van der Waals surface area contributed by atoms with E-state index in [-0.39, 0.29) is 0 Å². The van der Waals surface area contributed by atoms with Crippen molar-refractivity contribution in [3.63, 3.8) is 0 Å². The molecule has 0 saturated heterocycles. The number of unbranched alkanes of at least 4 members (excludes halogenated alkanes) is 1. The van der Waals surface area contributed by atoms with E-state index in [9.17, 15) is 0 Å². The van der Waals surface area contributed by atoms with Gasteiger partial charge in [0.15, 0.2) is 0 Å². The highest BCUT2D eigenvalue weighted by Gasteiger charge is 1.99. The zero-order valence-electron chi connectivity index (χ0n) is 14.0. The summed E-state index contributed by atoms with van der Waals surface area (Å²) < 4.78 is 0. The van der Waals surface area contributed by atoms with Crippen LogP contribution in [0.5, 0.6) is 0 Å². The van der Waals surface area contributed by atoms with Gasteiger partial charge < -0.3 is 0 Å². The Bertz CT molecular complexity index is 575. The summed E-state index contributed by atoms with van der Waals surface area (Å²) in [5, 5.41) is 0. The van der Waals surface area contributed by atoms with Gasteiger partial charge in [0.05, 0.1) is 0 Å². The normalized spacial score (nSPS) is 11.2. The first-order chi connectivity index (χ1) is 10.8. The highest BCUT2D eigenvalue weighted by molar-refractivity contribution is 5.49. The molecule has 0 spiro atoms. The summed E-state index contributed by atoms with van der Waals surface area (Å²) in [6, 6.07) is 17.8. The van der Waals surface area contributed by atoms with Crippen LogP contribution in [0.15, 0.2) is 54.6 Å². The van der Waals surface area contributed by atoms with E-state index in [2.05, 4.69) is 74.5 Å². The van der Waals surface area contributed by atoms with E-state index in [0.717, 1.165) is 12.8 Å². The Balaban J connectivity index is 1.80. The van der Waals surface area contributed by atoms with E-state index in [4.69, 9.17) is 0 Å². The van der Waals surface area contributed by atoms with Gasteiger partial charge in [0, 0.05) is 0 Å². The minimum Gasteiger partial charge on any atom is -0.0839 e. The summed E-state index contributed by atoms with van der Waals surface area (Å²) in [7, 11) is 0. The molecule has 116 valence electrons. The lowest BCUT2D eigenvalue weighted by Crippen LogP contribution is -1.93. The smallest absolute Gasteiger partial charge is 0.0260 e. The largest absolute Gasteiger partial charge is 0.0839 e. The first-order valence-electron chi connectivity index (χ1n) is 8.65. The molecule has 0 aliphatic carbocycles. The Morgan fingerprint density at radius 1 is 0.818 bits per heavy atom. The molecule has 0 radical (unpaired) electrons. The van der Waals surface area contributed by atoms with Gasteiger partial charge in [-0.05, 0) is 54.4 Å². The Morgan fingerprint density at radius 2 is 1.50 bits per heavy atom. The molecule has 0 fully saturated rings. The molecule has 0 aromatic heterocycles. The van der Waals surface area contributed by atoms with Gasteiger partial charge >= 0.3 is 0 Å². The van der Waals surface area contributed by atoms with Gasteiger partial charge in [-0.15, -0.1) is 0 Å². The van der Waals surface area contributed by atoms with Gasteiger partial charge in [0.1, 0.15) is 0 Å². The van der Waals surface area contributed by atoms with Gasteiger partial charge in [0.2, 0.25) is 0 Å². The molecule has 0 heteroatoms. The van der Waals surface area contributed by atoms with Crippen LogP contribution in [0.1, 0.15) is 55.4 Å². The fourth-order valence-corrected chi connectivity index (χ4v) is 2.81. The van der Waals surface area contributed by atoms with Crippen LogP contribution in [0.25, 0.3) is 6.08 Å². The van der Waals surface area contributed by atoms with Gasteiger partial charge in [-0.25, -0.2) is 0 Å². The summed E-state index contributed by atoms with van der Waals surface area (Å²) in [5.41, 5.74) is 5.78. The van der Waals surface area contributed by atoms with Crippen molar-refractivity contribution < 1.29 is 0 Å². The zero-order valence-corrected chi connectivity index (χ0v) is 14.0. The summed E-state index contributed by atoms with van der Waals surface area (Å²) in [6.45, 7) is 4.45. The average Bonchev–Trinajstić information content (AvgIpc) is 2.57. The SMILES string of the molecule is CCCc1ccccc1CCC/C=C/c1ccc(CC)cc1. The van der Waals surface area contributed by atoms with Gasteiger partial charge in [0.25, 0.3) is 0 Å². The summed E-state index contributed by atoms with van der Waals surface area (Å²) in [4.78, 5) is 0. The van der Waals surface area contributed by atoms with Gasteiger partial charge in [-0.2, -0.15) is 0 Å². The fourth-order valence-electron chi connectivity index (χ4n) is 2.81. The van der Waals surface area contributed by atoms with Crippen LogP contribution in [0.3, 0.4) is 0 Å². The third-order valence-corrected chi connectivity index (χ3v) is 4.15. The lowest BCUT2D eigenvalue weighted by molar-refractivity contribution is 0.819. The molecular formula is C22H28. The minimum absolute atomic E-state index is 1.11. The molecule has 2 aromatic carbocycles. The molecule has 2 rings (SSSR count). The van der Waals surface area contributed by atoms with Crippen LogP contribution in [0.2, 0.25) is 0 Å². The third-order valence-electron chi connectivity index (χ3n) is 4.15. The molecule has 0 amide bonds. The summed E-state index contributed by atoms with van der Waals surface area (Å²) >= 11 is 0. The molecule has 0 N–H and O–H groups in total. The van der Waals surface area contributed by atoms with Crippen molar-refractivity contribution in [1.82, 2.24) is 0 Å². The minimum atomic E-state index is 1.11. The van der Waals surface area contributed by atoms with E-state index in [1.54, 1.807) is 0 Å². The van der Waals surface area contributed by atoms with E-state index in [1.165, 1.54) is 47.9 Å². The highest BCUT2D eigenvalue weighted by Crippen LogP contribution is 2.14. The molecule has 0 atom stereocenters. The van der Waals surface area contributed by atoms with E-state index >= 15 is 0 Å². The van der Waals surface area contributed by atoms with E-state index in [0.29, 0.717) is 0 Å². The number of benzene rings is 2. The van der Waals surface area contributed by atoms with Gasteiger partial charge in [-0.3, -0.25) is 0 Å². The number of aryl methyl sites for hydroxylation is 3. The van der Waals surface area contributed by atoms with Crippen LogP contribution < -0.4 is 0 Å². The van der Waals surface area contributed by atoms with Crippen LogP contribution in [0, 0.1) is 0 Å². The van der Waals surface area contributed by atoms with Crippen molar-refractivity contribution >= 4 is 6.08 Å². The Hall–Kier alpha value is -1.82. The summed E-state index contributed by atoms with van der Waals surface area (Å²) in [6.07, 6.45) is 11.7. The molecular weight excluding hydrogens is 264 g/mol. The second-order valence-electron chi connectivity index (χ2n) is 5.91. The molecule has 2 aromatic rings. The predicted octanol–water partition coefficient (Wildman–Crippen LogP) is 6.24. The lowest BCUT2D eigenvalue weighted by atomic mass is 9.98. The predicted molar refractivity (Wildman–Crippen MR) is 98.2 cm³/mol. The monoisotopic (exact) mass is 292 g/mol. The number of hydrogen-bond acceptors (Lipinski definition) is 0. The van der Waals surface area contributed by atoms with Crippen molar-refractivity contribution in [3.05, 3.63) is 76.9 Å². The first kappa shape index (κ1) is 16.5. The topological polar surface area (TPSA) is 0 Å². The number of rotatable bonds is 8. The molecule has 0 nitrogen and oxygen atoms in total. The average molecular weight is 292 g/mol. The lowest BCUT2D eigenvalue weighted by Gasteiger charge is -2.07. The van der Waals surface area contributed by atoms with Crippen LogP contribution >= 0.6 is 0 Å². The van der Waals surface area contributed by atoms with Crippen LogP contribution in [-0.2, 0) is 19.3 Å². The Labute approximate surface area is 135 Å². The summed E-state index contributed by atoms with van der Waals surface area (Å²) in [5.74, 6) is 0. The third kappa shape index (κ3) is 5.18. The molecule has 0 bridgehead atoms. The second kappa shape index (κ2) is 9.25. The number of allylic oxidation sites excluding steroid dienone is 1. The molecule has 0 heterocycles. The molecule has 0 saturated carbocycles. The van der Waals surface area contributed by atoms with Crippen molar-refractivity contribution in [3.8, 4) is 0 Å². The zero-order chi connectivity index (χ0) is 15.6.